The summed E-state index contributed by atoms with van der Waals surface area (Å²) < 4.78 is 12.0. The Morgan fingerprint density at radius 3 is 2.06 bits per heavy atom. The Morgan fingerprint density at radius 2 is 1.47 bits per heavy atom. The number of hydrogen-bond donors (Lipinski definition) is 0. The third-order valence-electron chi connectivity index (χ3n) is 2.24. The van der Waals surface area contributed by atoms with Crippen LogP contribution in [0.1, 0.15) is 5.56 Å². The summed E-state index contributed by atoms with van der Waals surface area (Å²) in [6.07, 6.45) is 0. The van der Waals surface area contributed by atoms with E-state index in [1.807, 2.05) is 60.7 Å². The van der Waals surface area contributed by atoms with Crippen LogP contribution in [0.2, 0.25) is 0 Å². The van der Waals surface area contributed by atoms with Gasteiger partial charge in [-0.25, -0.2) is 4.21 Å². The van der Waals surface area contributed by atoms with E-state index in [-0.39, 0.29) is 0 Å². The monoisotopic (exact) mass is 262 g/mol. The van der Waals surface area contributed by atoms with E-state index >= 15 is 0 Å². The second-order valence-corrected chi connectivity index (χ2v) is 5.15. The second-order valence-electron chi connectivity index (χ2n) is 3.44. The van der Waals surface area contributed by atoms with Crippen LogP contribution in [0.5, 0.6) is 0 Å². The van der Waals surface area contributed by atoms with Crippen LogP contribution in [-0.4, -0.2) is 4.21 Å². The Balaban J connectivity index is 2.24. The first kappa shape index (κ1) is 12.1. The Hall–Kier alpha value is -1.38. The summed E-state index contributed by atoms with van der Waals surface area (Å²) >= 11 is 6.12. The first-order valence-electron chi connectivity index (χ1n) is 5.16. The summed E-state index contributed by atoms with van der Waals surface area (Å²) in [5, 5.41) is 2.07. The van der Waals surface area contributed by atoms with Gasteiger partial charge in [-0.3, -0.25) is 0 Å². The lowest BCUT2D eigenvalue weighted by molar-refractivity contribution is 0.688. The van der Waals surface area contributed by atoms with Crippen LogP contribution in [0.15, 0.2) is 71.0 Å². The molecule has 0 heterocycles. The predicted molar refractivity (Wildman–Crippen MR) is 73.1 cm³/mol. The summed E-state index contributed by atoms with van der Waals surface area (Å²) in [4.78, 5) is 0.751. The van der Waals surface area contributed by atoms with Crippen molar-refractivity contribution in [3.63, 3.8) is 0 Å². The van der Waals surface area contributed by atoms with Gasteiger partial charge in [0.25, 0.3) is 0 Å². The van der Waals surface area contributed by atoms with Crippen molar-refractivity contribution in [3.8, 4) is 0 Å². The molecular weight excluding hydrogens is 252 g/mol. The Morgan fingerprint density at radius 1 is 0.941 bits per heavy atom. The normalized spacial score (nSPS) is 13.4. The van der Waals surface area contributed by atoms with Crippen molar-refractivity contribution in [1.29, 1.82) is 0 Å². The van der Waals surface area contributed by atoms with E-state index in [0.717, 1.165) is 10.5 Å². The van der Waals surface area contributed by atoms with Gasteiger partial charge >= 0.3 is 0 Å². The molecule has 0 fully saturated rings. The van der Waals surface area contributed by atoms with Crippen molar-refractivity contribution in [3.05, 3.63) is 71.6 Å². The number of hydrogen-bond acceptors (Lipinski definition) is 1. The molecule has 3 heteroatoms. The third-order valence-corrected chi connectivity index (χ3v) is 3.88. The molecule has 2 aromatic rings. The molecule has 1 nitrogen and oxygen atoms in total. The van der Waals surface area contributed by atoms with Gasteiger partial charge in [-0.15, -0.1) is 0 Å². The maximum absolute atomic E-state index is 12.0. The van der Waals surface area contributed by atoms with Crippen LogP contribution >= 0.6 is 11.6 Å². The van der Waals surface area contributed by atoms with Crippen LogP contribution < -0.4 is 0 Å². The molecule has 0 spiro atoms. The van der Waals surface area contributed by atoms with Crippen LogP contribution in [0, 0.1) is 0 Å². The van der Waals surface area contributed by atoms with Gasteiger partial charge in [0.05, 0.1) is 15.8 Å². The Kier molecular flexibility index (Phi) is 4.13. The van der Waals surface area contributed by atoms with E-state index in [4.69, 9.17) is 11.6 Å². The first-order chi connectivity index (χ1) is 8.27. The van der Waals surface area contributed by atoms with Gasteiger partial charge in [0.15, 0.2) is 0 Å². The highest BCUT2D eigenvalue weighted by Gasteiger charge is 2.02. The van der Waals surface area contributed by atoms with Gasteiger partial charge in [0.1, 0.15) is 0 Å². The molecule has 0 amide bonds. The van der Waals surface area contributed by atoms with Gasteiger partial charge in [0.2, 0.25) is 0 Å². The Bertz CT molecular complexity index is 535. The molecule has 0 aliphatic heterocycles. The lowest BCUT2D eigenvalue weighted by Crippen LogP contribution is -1.86. The van der Waals surface area contributed by atoms with E-state index in [1.54, 1.807) is 5.41 Å². The fourth-order valence-electron chi connectivity index (χ4n) is 1.38. The van der Waals surface area contributed by atoms with Gasteiger partial charge < -0.3 is 0 Å². The van der Waals surface area contributed by atoms with Crippen molar-refractivity contribution in [1.82, 2.24) is 0 Å². The molecule has 0 aliphatic carbocycles. The maximum atomic E-state index is 12.0. The molecule has 0 saturated heterocycles. The highest BCUT2D eigenvalue weighted by molar-refractivity contribution is 7.88. The fraction of sp³-hybridized carbons (Fsp3) is 0. The number of halogens is 1. The average molecular weight is 263 g/mol. The minimum Gasteiger partial charge on any atom is -0.250 e. The minimum absolute atomic E-state index is 0.507. The topological polar surface area (TPSA) is 17.1 Å². The van der Waals surface area contributed by atoms with Crippen molar-refractivity contribution < 1.29 is 4.21 Å². The van der Waals surface area contributed by atoms with E-state index in [0.29, 0.717) is 5.03 Å². The van der Waals surface area contributed by atoms with Crippen LogP contribution in [0.3, 0.4) is 0 Å². The molecule has 0 saturated carbocycles. The lowest BCUT2D eigenvalue weighted by atomic mass is 10.2. The van der Waals surface area contributed by atoms with E-state index in [9.17, 15) is 4.21 Å². The quantitative estimate of drug-likeness (QED) is 0.816. The van der Waals surface area contributed by atoms with Crippen molar-refractivity contribution >= 4 is 27.4 Å². The van der Waals surface area contributed by atoms with E-state index in [1.165, 1.54) is 0 Å². The van der Waals surface area contributed by atoms with Gasteiger partial charge in [-0.05, 0) is 17.7 Å². The lowest BCUT2D eigenvalue weighted by Gasteiger charge is -1.99. The summed E-state index contributed by atoms with van der Waals surface area (Å²) in [7, 11) is -1.21. The van der Waals surface area contributed by atoms with Crippen molar-refractivity contribution in [2.75, 3.05) is 0 Å². The van der Waals surface area contributed by atoms with Crippen LogP contribution in [0.25, 0.3) is 5.03 Å². The molecular formula is C14H11ClOS. The predicted octanol–water partition coefficient (Wildman–Crippen LogP) is 4.03. The maximum Gasteiger partial charge on any atom is 0.0791 e. The molecule has 0 aromatic heterocycles. The largest absolute Gasteiger partial charge is 0.250 e. The van der Waals surface area contributed by atoms with E-state index < -0.39 is 10.8 Å². The number of benzene rings is 2. The molecule has 0 bridgehead atoms. The highest BCUT2D eigenvalue weighted by Crippen LogP contribution is 2.20. The zero-order valence-electron chi connectivity index (χ0n) is 9.05. The summed E-state index contributed by atoms with van der Waals surface area (Å²) in [5.74, 6) is 0. The van der Waals surface area contributed by atoms with E-state index in [2.05, 4.69) is 0 Å². The SMILES string of the molecule is O=S(/C=C(\Cl)c1ccccc1)c1ccccc1. The van der Waals surface area contributed by atoms with Crippen molar-refractivity contribution in [2.45, 2.75) is 4.90 Å². The molecule has 0 aliphatic rings. The zero-order valence-corrected chi connectivity index (χ0v) is 10.6. The highest BCUT2D eigenvalue weighted by atomic mass is 35.5. The molecule has 17 heavy (non-hydrogen) atoms. The van der Waals surface area contributed by atoms with Crippen molar-refractivity contribution in [2.24, 2.45) is 0 Å². The van der Waals surface area contributed by atoms with Gasteiger partial charge in [-0.2, -0.15) is 0 Å². The minimum atomic E-state index is -1.21. The number of rotatable bonds is 3. The average Bonchev–Trinajstić information content (AvgIpc) is 2.40. The van der Waals surface area contributed by atoms with Crippen LogP contribution in [-0.2, 0) is 10.8 Å². The third kappa shape index (κ3) is 3.29. The molecule has 1 atom stereocenters. The molecule has 0 radical (unpaired) electrons. The Labute approximate surface area is 108 Å². The molecule has 86 valence electrons. The molecule has 1 unspecified atom stereocenters. The summed E-state index contributed by atoms with van der Waals surface area (Å²) in [6.45, 7) is 0. The fourth-order valence-corrected chi connectivity index (χ4v) is 2.64. The smallest absolute Gasteiger partial charge is 0.0791 e. The summed E-state index contributed by atoms with van der Waals surface area (Å²) in [6, 6.07) is 18.7. The van der Waals surface area contributed by atoms with Crippen LogP contribution in [0.4, 0.5) is 0 Å². The standard InChI is InChI=1S/C14H11ClOS/c15-14(12-7-3-1-4-8-12)11-17(16)13-9-5-2-6-10-13/h1-11H/b14-11-. The zero-order chi connectivity index (χ0) is 12.1. The second kappa shape index (κ2) is 5.80. The molecule has 2 aromatic carbocycles. The summed E-state index contributed by atoms with van der Waals surface area (Å²) in [5.41, 5.74) is 0.874. The van der Waals surface area contributed by atoms with Gasteiger partial charge in [0, 0.05) is 10.3 Å². The van der Waals surface area contributed by atoms with Gasteiger partial charge in [-0.1, -0.05) is 60.1 Å². The molecule has 0 N–H and O–H groups in total. The molecule has 2 rings (SSSR count). The first-order valence-corrected chi connectivity index (χ1v) is 6.75.